The Kier molecular flexibility index (Phi) is 2.74. The summed E-state index contributed by atoms with van der Waals surface area (Å²) in [4.78, 5) is 26.2. The Morgan fingerprint density at radius 1 is 1.35 bits per heavy atom. The van der Waals surface area contributed by atoms with Crippen LogP contribution < -0.4 is 5.32 Å². The molecule has 1 aromatic heterocycles. The zero-order chi connectivity index (χ0) is 14.3. The SMILES string of the molecule is CC1(C)C(=O)NCCN1C(=O)c1n[nH]c2ccccc12. The van der Waals surface area contributed by atoms with E-state index in [1.54, 1.807) is 18.7 Å². The number of H-pyrrole nitrogens is 1. The molecule has 2 aromatic rings. The van der Waals surface area contributed by atoms with Crippen LogP contribution in [0.2, 0.25) is 0 Å². The van der Waals surface area contributed by atoms with Crippen molar-refractivity contribution in [3.63, 3.8) is 0 Å². The highest BCUT2D eigenvalue weighted by atomic mass is 16.2. The number of aromatic amines is 1. The van der Waals surface area contributed by atoms with Gasteiger partial charge in [-0.1, -0.05) is 18.2 Å². The first-order valence-electron chi connectivity index (χ1n) is 6.55. The number of hydrogen-bond donors (Lipinski definition) is 2. The number of hydrogen-bond acceptors (Lipinski definition) is 3. The fourth-order valence-corrected chi connectivity index (χ4v) is 2.51. The molecule has 0 radical (unpaired) electrons. The van der Waals surface area contributed by atoms with E-state index in [1.807, 2.05) is 24.3 Å². The largest absolute Gasteiger partial charge is 0.352 e. The van der Waals surface area contributed by atoms with Crippen molar-refractivity contribution in [3.05, 3.63) is 30.0 Å². The molecule has 2 N–H and O–H groups in total. The molecule has 0 spiro atoms. The topological polar surface area (TPSA) is 78.1 Å². The van der Waals surface area contributed by atoms with E-state index in [-0.39, 0.29) is 11.8 Å². The summed E-state index contributed by atoms with van der Waals surface area (Å²) >= 11 is 0. The summed E-state index contributed by atoms with van der Waals surface area (Å²) in [6.07, 6.45) is 0. The summed E-state index contributed by atoms with van der Waals surface area (Å²) in [5, 5.41) is 10.5. The lowest BCUT2D eigenvalue weighted by atomic mass is 9.98. The number of para-hydroxylation sites is 1. The highest BCUT2D eigenvalue weighted by Crippen LogP contribution is 2.23. The molecule has 1 aliphatic heterocycles. The van der Waals surface area contributed by atoms with Crippen LogP contribution in [0.4, 0.5) is 0 Å². The van der Waals surface area contributed by atoms with Gasteiger partial charge in [-0.3, -0.25) is 14.7 Å². The van der Waals surface area contributed by atoms with Crippen molar-refractivity contribution in [2.24, 2.45) is 0 Å². The highest BCUT2D eigenvalue weighted by Gasteiger charge is 2.41. The van der Waals surface area contributed by atoms with Gasteiger partial charge in [0.1, 0.15) is 5.54 Å². The molecule has 2 amide bonds. The molecule has 0 atom stereocenters. The first-order chi connectivity index (χ1) is 9.51. The number of piperazine rings is 1. The molecule has 1 fully saturated rings. The predicted molar refractivity (Wildman–Crippen MR) is 74.2 cm³/mol. The van der Waals surface area contributed by atoms with E-state index in [9.17, 15) is 9.59 Å². The second-order valence-electron chi connectivity index (χ2n) is 5.39. The molecule has 20 heavy (non-hydrogen) atoms. The quantitative estimate of drug-likeness (QED) is 0.810. The smallest absolute Gasteiger partial charge is 0.275 e. The second kappa shape index (κ2) is 4.33. The van der Waals surface area contributed by atoms with E-state index in [4.69, 9.17) is 0 Å². The summed E-state index contributed by atoms with van der Waals surface area (Å²) in [7, 11) is 0. The lowest BCUT2D eigenvalue weighted by Gasteiger charge is -2.40. The van der Waals surface area contributed by atoms with Crippen molar-refractivity contribution >= 4 is 22.7 Å². The van der Waals surface area contributed by atoms with Gasteiger partial charge in [-0.25, -0.2) is 0 Å². The minimum atomic E-state index is -0.866. The maximum atomic E-state index is 12.7. The lowest BCUT2D eigenvalue weighted by Crippen LogP contribution is -2.63. The molecule has 6 heteroatoms. The number of benzene rings is 1. The molecular weight excluding hydrogens is 256 g/mol. The van der Waals surface area contributed by atoms with E-state index >= 15 is 0 Å². The van der Waals surface area contributed by atoms with E-state index < -0.39 is 5.54 Å². The summed E-state index contributed by atoms with van der Waals surface area (Å²) in [5.74, 6) is -0.362. The van der Waals surface area contributed by atoms with Crippen molar-refractivity contribution in [1.82, 2.24) is 20.4 Å². The van der Waals surface area contributed by atoms with E-state index in [2.05, 4.69) is 15.5 Å². The van der Waals surface area contributed by atoms with Gasteiger partial charge in [-0.15, -0.1) is 0 Å². The van der Waals surface area contributed by atoms with Gasteiger partial charge in [0.15, 0.2) is 5.69 Å². The van der Waals surface area contributed by atoms with Gasteiger partial charge in [0.25, 0.3) is 5.91 Å². The van der Waals surface area contributed by atoms with Crippen molar-refractivity contribution in [3.8, 4) is 0 Å². The number of aromatic nitrogens is 2. The first-order valence-corrected chi connectivity index (χ1v) is 6.55. The van der Waals surface area contributed by atoms with Crippen molar-refractivity contribution < 1.29 is 9.59 Å². The third-order valence-electron chi connectivity index (χ3n) is 3.77. The average Bonchev–Trinajstić information content (AvgIpc) is 2.85. The van der Waals surface area contributed by atoms with Crippen LogP contribution in [-0.4, -0.2) is 45.5 Å². The molecular formula is C14H16N4O2. The summed E-state index contributed by atoms with van der Waals surface area (Å²) in [6.45, 7) is 4.44. The second-order valence-corrected chi connectivity index (χ2v) is 5.39. The Balaban J connectivity index is 2.02. The van der Waals surface area contributed by atoms with E-state index in [1.165, 1.54) is 0 Å². The number of rotatable bonds is 1. The van der Waals surface area contributed by atoms with Crippen LogP contribution in [-0.2, 0) is 4.79 Å². The highest BCUT2D eigenvalue weighted by molar-refractivity contribution is 6.06. The van der Waals surface area contributed by atoms with Crippen LogP contribution in [0, 0.1) is 0 Å². The van der Waals surface area contributed by atoms with Crippen molar-refractivity contribution in [2.45, 2.75) is 19.4 Å². The number of nitrogens with zero attached hydrogens (tertiary/aromatic N) is 2. The fraction of sp³-hybridized carbons (Fsp3) is 0.357. The molecule has 0 bridgehead atoms. The molecule has 3 rings (SSSR count). The first kappa shape index (κ1) is 12.7. The summed E-state index contributed by atoms with van der Waals surface area (Å²) in [6, 6.07) is 7.46. The van der Waals surface area contributed by atoms with Crippen LogP contribution in [0.5, 0.6) is 0 Å². The molecule has 6 nitrogen and oxygen atoms in total. The molecule has 0 saturated carbocycles. The molecule has 1 aliphatic rings. The lowest BCUT2D eigenvalue weighted by molar-refractivity contribution is -0.133. The Labute approximate surface area is 116 Å². The average molecular weight is 272 g/mol. The van der Waals surface area contributed by atoms with E-state index in [0.717, 1.165) is 10.9 Å². The molecule has 1 saturated heterocycles. The van der Waals surface area contributed by atoms with Gasteiger partial charge < -0.3 is 10.2 Å². The van der Waals surface area contributed by atoms with Crippen LogP contribution in [0.3, 0.4) is 0 Å². The maximum absolute atomic E-state index is 12.7. The Morgan fingerprint density at radius 2 is 2.10 bits per heavy atom. The van der Waals surface area contributed by atoms with Crippen LogP contribution >= 0.6 is 0 Å². The summed E-state index contributed by atoms with van der Waals surface area (Å²) < 4.78 is 0. The van der Waals surface area contributed by atoms with Gasteiger partial charge in [0.2, 0.25) is 5.91 Å². The van der Waals surface area contributed by atoms with Gasteiger partial charge in [-0.05, 0) is 19.9 Å². The predicted octanol–water partition coefficient (Wildman–Crippen LogP) is 0.913. The minimum absolute atomic E-state index is 0.142. The zero-order valence-electron chi connectivity index (χ0n) is 11.4. The molecule has 1 aromatic carbocycles. The van der Waals surface area contributed by atoms with Crippen molar-refractivity contribution in [1.29, 1.82) is 0 Å². The number of carbonyl (C=O) groups excluding carboxylic acids is 2. The Bertz CT molecular complexity index is 689. The third kappa shape index (κ3) is 1.76. The van der Waals surface area contributed by atoms with Gasteiger partial charge in [-0.2, -0.15) is 5.10 Å². The number of carbonyl (C=O) groups is 2. The molecule has 0 aliphatic carbocycles. The van der Waals surface area contributed by atoms with E-state index in [0.29, 0.717) is 18.8 Å². The van der Waals surface area contributed by atoms with Crippen LogP contribution in [0.15, 0.2) is 24.3 Å². The Hall–Kier alpha value is -2.37. The number of fused-ring (bicyclic) bond motifs is 1. The minimum Gasteiger partial charge on any atom is -0.352 e. The standard InChI is InChI=1S/C14H16N4O2/c1-14(2)13(20)15-7-8-18(14)12(19)11-9-5-3-4-6-10(9)16-17-11/h3-6H,7-8H2,1-2H3,(H,15,20)(H,16,17). The Morgan fingerprint density at radius 3 is 2.90 bits per heavy atom. The normalized spacial score (nSPS) is 18.1. The van der Waals surface area contributed by atoms with Crippen LogP contribution in [0.25, 0.3) is 10.9 Å². The summed E-state index contributed by atoms with van der Waals surface area (Å²) in [5.41, 5.74) is 0.313. The zero-order valence-corrected chi connectivity index (χ0v) is 11.4. The fourth-order valence-electron chi connectivity index (χ4n) is 2.51. The molecule has 0 unspecified atom stereocenters. The molecule has 104 valence electrons. The third-order valence-corrected chi connectivity index (χ3v) is 3.77. The maximum Gasteiger partial charge on any atom is 0.275 e. The van der Waals surface area contributed by atoms with Gasteiger partial charge in [0.05, 0.1) is 5.52 Å². The number of nitrogens with one attached hydrogen (secondary N) is 2. The van der Waals surface area contributed by atoms with Crippen LogP contribution in [0.1, 0.15) is 24.3 Å². The van der Waals surface area contributed by atoms with Gasteiger partial charge >= 0.3 is 0 Å². The van der Waals surface area contributed by atoms with Gasteiger partial charge in [0, 0.05) is 18.5 Å². The monoisotopic (exact) mass is 272 g/mol. The molecule has 2 heterocycles. The number of amides is 2. The van der Waals surface area contributed by atoms with Crippen molar-refractivity contribution in [2.75, 3.05) is 13.1 Å².